The zero-order valence-electron chi connectivity index (χ0n) is 14.5. The van der Waals surface area contributed by atoms with E-state index in [9.17, 15) is 4.79 Å². The fraction of sp³-hybridized carbons (Fsp3) is 0.158. The van der Waals surface area contributed by atoms with Gasteiger partial charge in [-0.3, -0.25) is 4.79 Å². The molecule has 4 aromatic rings. The van der Waals surface area contributed by atoms with Crippen LogP contribution in [0, 0.1) is 6.92 Å². The number of carbonyl (C=O) groups excluding carboxylic acids is 1. The van der Waals surface area contributed by atoms with Gasteiger partial charge in [-0.05, 0) is 24.6 Å². The van der Waals surface area contributed by atoms with Crippen molar-refractivity contribution in [2.24, 2.45) is 7.05 Å². The highest BCUT2D eigenvalue weighted by atomic mass is 16.1. The lowest BCUT2D eigenvalue weighted by molar-refractivity contribution is 0.0950. The number of fused-ring (bicyclic) bond motifs is 1. The minimum absolute atomic E-state index is 0.179. The van der Waals surface area contributed by atoms with E-state index in [-0.39, 0.29) is 5.91 Å². The van der Waals surface area contributed by atoms with Crippen molar-refractivity contribution in [3.05, 3.63) is 72.2 Å². The molecule has 0 aliphatic carbocycles. The largest absolute Gasteiger partial charge is 0.348 e. The Bertz CT molecular complexity index is 1090. The van der Waals surface area contributed by atoms with E-state index in [2.05, 4.69) is 20.3 Å². The number of pyridine rings is 1. The molecule has 1 aromatic carbocycles. The maximum absolute atomic E-state index is 12.5. The molecule has 3 aromatic heterocycles. The summed E-state index contributed by atoms with van der Waals surface area (Å²) < 4.78 is 3.82. The van der Waals surface area contributed by atoms with E-state index in [0.717, 1.165) is 22.7 Å². The van der Waals surface area contributed by atoms with Gasteiger partial charge in [-0.15, -0.1) is 0 Å². The zero-order valence-corrected chi connectivity index (χ0v) is 14.5. The molecule has 1 N–H and O–H groups in total. The maximum atomic E-state index is 12.5. The van der Waals surface area contributed by atoms with Gasteiger partial charge in [-0.2, -0.15) is 0 Å². The van der Waals surface area contributed by atoms with E-state index in [1.165, 1.54) is 0 Å². The minimum Gasteiger partial charge on any atom is -0.348 e. The average Bonchev–Trinajstić information content (AvgIpc) is 3.25. The molecule has 7 heteroatoms. The molecule has 0 spiro atoms. The molecule has 0 saturated heterocycles. The van der Waals surface area contributed by atoms with E-state index in [0.29, 0.717) is 17.6 Å². The summed E-state index contributed by atoms with van der Waals surface area (Å²) in [5.41, 5.74) is 3.96. The first kappa shape index (κ1) is 16.0. The summed E-state index contributed by atoms with van der Waals surface area (Å²) in [7, 11) is 1.87. The van der Waals surface area contributed by atoms with Crippen LogP contribution >= 0.6 is 0 Å². The van der Waals surface area contributed by atoms with Gasteiger partial charge in [0, 0.05) is 32.2 Å². The Hall–Kier alpha value is -3.48. The van der Waals surface area contributed by atoms with Gasteiger partial charge < -0.3 is 14.5 Å². The van der Waals surface area contributed by atoms with Gasteiger partial charge in [0.05, 0.1) is 17.6 Å². The number of aryl methyl sites for hydroxylation is 2. The van der Waals surface area contributed by atoms with Crippen molar-refractivity contribution in [1.82, 2.24) is 29.4 Å². The topological polar surface area (TPSA) is 77.6 Å². The molecule has 7 nitrogen and oxygen atoms in total. The number of rotatable bonds is 4. The lowest BCUT2D eigenvalue weighted by Gasteiger charge is -2.12. The summed E-state index contributed by atoms with van der Waals surface area (Å²) in [6, 6.07) is 9.69. The highest BCUT2D eigenvalue weighted by Gasteiger charge is 2.11. The fourth-order valence-electron chi connectivity index (χ4n) is 2.95. The van der Waals surface area contributed by atoms with Crippen molar-refractivity contribution in [1.29, 1.82) is 0 Å². The van der Waals surface area contributed by atoms with Crippen molar-refractivity contribution in [2.45, 2.75) is 13.5 Å². The molecule has 0 bridgehead atoms. The number of nitrogens with one attached hydrogen (secondary N) is 1. The van der Waals surface area contributed by atoms with Crippen molar-refractivity contribution < 1.29 is 4.79 Å². The second-order valence-electron chi connectivity index (χ2n) is 6.08. The van der Waals surface area contributed by atoms with Crippen LogP contribution in [0.3, 0.4) is 0 Å². The average molecular weight is 346 g/mol. The Morgan fingerprint density at radius 3 is 2.85 bits per heavy atom. The van der Waals surface area contributed by atoms with E-state index < -0.39 is 0 Å². The number of imidazole rings is 2. The summed E-state index contributed by atoms with van der Waals surface area (Å²) in [5, 5.41) is 2.96. The minimum atomic E-state index is -0.179. The van der Waals surface area contributed by atoms with Crippen molar-refractivity contribution in [2.75, 3.05) is 0 Å². The van der Waals surface area contributed by atoms with E-state index in [1.807, 2.05) is 53.6 Å². The summed E-state index contributed by atoms with van der Waals surface area (Å²) in [6.07, 6.45) is 6.93. The van der Waals surface area contributed by atoms with Crippen LogP contribution in [-0.4, -0.2) is 30.0 Å². The normalized spacial score (nSPS) is 11.0. The Morgan fingerprint density at radius 1 is 1.19 bits per heavy atom. The van der Waals surface area contributed by atoms with Gasteiger partial charge in [0.25, 0.3) is 5.91 Å². The first-order valence-electron chi connectivity index (χ1n) is 8.27. The number of nitrogens with zero attached hydrogens (tertiary/aromatic N) is 5. The molecule has 0 saturated carbocycles. The van der Waals surface area contributed by atoms with Gasteiger partial charge in [-0.1, -0.05) is 18.2 Å². The molecule has 0 atom stereocenters. The molecular weight excluding hydrogens is 328 g/mol. The summed E-state index contributed by atoms with van der Waals surface area (Å²) in [4.78, 5) is 25.4. The van der Waals surface area contributed by atoms with Crippen LogP contribution in [0.25, 0.3) is 16.9 Å². The quantitative estimate of drug-likeness (QED) is 0.615. The standard InChI is InChI=1S/C19H18N6O/c1-13-20-7-8-25(13)17-6-4-3-5-14(17)10-22-19(26)15-9-16-18(21-11-15)24(2)12-23-16/h3-9,11-12H,10H2,1-2H3,(H,22,26). The molecule has 0 aliphatic rings. The van der Waals surface area contributed by atoms with Crippen molar-refractivity contribution in [3.8, 4) is 5.69 Å². The molecular formula is C19H18N6O. The van der Waals surface area contributed by atoms with Crippen LogP contribution < -0.4 is 5.32 Å². The number of hydrogen-bond donors (Lipinski definition) is 1. The van der Waals surface area contributed by atoms with Crippen molar-refractivity contribution in [3.63, 3.8) is 0 Å². The molecule has 0 radical (unpaired) electrons. The predicted octanol–water partition coefficient (Wildman–Crippen LogP) is 2.39. The first-order chi connectivity index (χ1) is 12.6. The third-order valence-electron chi connectivity index (χ3n) is 4.33. The lowest BCUT2D eigenvalue weighted by atomic mass is 10.1. The number of aromatic nitrogens is 5. The number of amides is 1. The molecule has 4 rings (SSSR count). The van der Waals surface area contributed by atoms with Crippen LogP contribution in [-0.2, 0) is 13.6 Å². The second kappa shape index (κ2) is 6.44. The number of benzene rings is 1. The zero-order chi connectivity index (χ0) is 18.1. The number of carbonyl (C=O) groups is 1. The third-order valence-corrected chi connectivity index (χ3v) is 4.33. The predicted molar refractivity (Wildman–Crippen MR) is 98.0 cm³/mol. The molecule has 1 amide bonds. The Balaban J connectivity index is 1.55. The van der Waals surface area contributed by atoms with Crippen LogP contribution in [0.5, 0.6) is 0 Å². The smallest absolute Gasteiger partial charge is 0.253 e. The molecule has 0 fully saturated rings. The Morgan fingerprint density at radius 2 is 2.04 bits per heavy atom. The molecule has 3 heterocycles. The van der Waals surface area contributed by atoms with Gasteiger partial charge in [-0.25, -0.2) is 15.0 Å². The Kier molecular flexibility index (Phi) is 3.96. The third kappa shape index (κ3) is 2.83. The van der Waals surface area contributed by atoms with Gasteiger partial charge in [0.15, 0.2) is 5.65 Å². The van der Waals surface area contributed by atoms with Crippen molar-refractivity contribution >= 4 is 17.1 Å². The Labute approximate surface area is 150 Å². The molecule has 0 unspecified atom stereocenters. The molecule has 26 heavy (non-hydrogen) atoms. The van der Waals surface area contributed by atoms with Crippen LogP contribution in [0.15, 0.2) is 55.2 Å². The second-order valence-corrected chi connectivity index (χ2v) is 6.08. The van der Waals surface area contributed by atoms with Gasteiger partial charge >= 0.3 is 0 Å². The van der Waals surface area contributed by atoms with Crippen LogP contribution in [0.4, 0.5) is 0 Å². The monoisotopic (exact) mass is 346 g/mol. The highest BCUT2D eigenvalue weighted by molar-refractivity contribution is 5.96. The van der Waals surface area contributed by atoms with E-state index in [1.54, 1.807) is 24.8 Å². The maximum Gasteiger partial charge on any atom is 0.253 e. The molecule has 0 aliphatic heterocycles. The summed E-state index contributed by atoms with van der Waals surface area (Å²) >= 11 is 0. The lowest BCUT2D eigenvalue weighted by Crippen LogP contribution is -2.23. The molecule has 130 valence electrons. The SMILES string of the molecule is Cc1nccn1-c1ccccc1CNC(=O)c1cnc2c(c1)ncn2C. The van der Waals surface area contributed by atoms with E-state index >= 15 is 0 Å². The number of hydrogen-bond acceptors (Lipinski definition) is 4. The van der Waals surface area contributed by atoms with Crippen LogP contribution in [0.2, 0.25) is 0 Å². The fourth-order valence-corrected chi connectivity index (χ4v) is 2.95. The van der Waals surface area contributed by atoms with E-state index in [4.69, 9.17) is 0 Å². The first-order valence-corrected chi connectivity index (χ1v) is 8.27. The number of para-hydroxylation sites is 1. The highest BCUT2D eigenvalue weighted by Crippen LogP contribution is 2.16. The van der Waals surface area contributed by atoms with Crippen LogP contribution in [0.1, 0.15) is 21.7 Å². The summed E-state index contributed by atoms with van der Waals surface area (Å²) in [6.45, 7) is 2.36. The van der Waals surface area contributed by atoms with Gasteiger partial charge in [0.1, 0.15) is 11.3 Å². The summed E-state index contributed by atoms with van der Waals surface area (Å²) in [5.74, 6) is 0.718. The van der Waals surface area contributed by atoms with Gasteiger partial charge in [0.2, 0.25) is 0 Å².